The molecule has 2 aliphatic heterocycles. The fourth-order valence-corrected chi connectivity index (χ4v) is 4.53. The molecular weight excluding hydrogens is 236 g/mol. The maximum absolute atomic E-state index is 12.3. The Labute approximate surface area is 102 Å². The van der Waals surface area contributed by atoms with Crippen LogP contribution >= 0.6 is 0 Å². The highest BCUT2D eigenvalue weighted by molar-refractivity contribution is 7.88. The van der Waals surface area contributed by atoms with Crippen molar-refractivity contribution in [2.24, 2.45) is 0 Å². The minimum absolute atomic E-state index is 0.122. The third-order valence-electron chi connectivity index (χ3n) is 3.56. The van der Waals surface area contributed by atoms with Gasteiger partial charge in [-0.1, -0.05) is 30.3 Å². The van der Waals surface area contributed by atoms with Crippen LogP contribution in [0.3, 0.4) is 0 Å². The molecule has 2 heterocycles. The third kappa shape index (κ3) is 2.10. The summed E-state index contributed by atoms with van der Waals surface area (Å²) < 4.78 is 26.3. The largest absolute Gasteiger partial charge is 0.311 e. The van der Waals surface area contributed by atoms with Crippen molar-refractivity contribution in [3.63, 3.8) is 0 Å². The van der Waals surface area contributed by atoms with E-state index in [9.17, 15) is 8.42 Å². The summed E-state index contributed by atoms with van der Waals surface area (Å²) in [5.41, 5.74) is 0.864. The molecule has 0 aromatic heterocycles. The summed E-state index contributed by atoms with van der Waals surface area (Å²) in [6.45, 7) is 1.44. The van der Waals surface area contributed by atoms with Crippen LogP contribution in [0, 0.1) is 0 Å². The Balaban J connectivity index is 1.78. The summed E-state index contributed by atoms with van der Waals surface area (Å²) in [4.78, 5) is 0. The summed E-state index contributed by atoms with van der Waals surface area (Å²) in [6, 6.07) is 9.93. The van der Waals surface area contributed by atoms with E-state index in [1.54, 1.807) is 4.31 Å². The van der Waals surface area contributed by atoms with Crippen molar-refractivity contribution in [3.8, 4) is 0 Å². The molecule has 2 bridgehead atoms. The Morgan fingerprint density at radius 1 is 1.29 bits per heavy atom. The summed E-state index contributed by atoms with van der Waals surface area (Å²) >= 11 is 0. The van der Waals surface area contributed by atoms with E-state index in [2.05, 4.69) is 5.32 Å². The maximum Gasteiger partial charge on any atom is 0.218 e. The van der Waals surface area contributed by atoms with E-state index in [1.807, 2.05) is 30.3 Å². The second-order valence-electron chi connectivity index (χ2n) is 4.81. The second-order valence-corrected chi connectivity index (χ2v) is 6.73. The number of piperazine rings is 1. The molecule has 2 fully saturated rings. The molecule has 3 rings (SSSR count). The van der Waals surface area contributed by atoms with Crippen molar-refractivity contribution in [1.29, 1.82) is 0 Å². The van der Waals surface area contributed by atoms with E-state index < -0.39 is 10.0 Å². The Morgan fingerprint density at radius 3 is 2.65 bits per heavy atom. The minimum atomic E-state index is -3.15. The van der Waals surface area contributed by atoms with Gasteiger partial charge in [-0.15, -0.1) is 0 Å². The van der Waals surface area contributed by atoms with Crippen LogP contribution in [-0.2, 0) is 15.8 Å². The molecule has 0 saturated carbocycles. The van der Waals surface area contributed by atoms with Crippen LogP contribution in [0.4, 0.5) is 0 Å². The summed E-state index contributed by atoms with van der Waals surface area (Å²) in [5.74, 6) is 0.122. The highest BCUT2D eigenvalue weighted by atomic mass is 32.2. The Morgan fingerprint density at radius 2 is 2.06 bits per heavy atom. The molecule has 1 aromatic rings. The molecule has 0 aliphatic carbocycles. The van der Waals surface area contributed by atoms with Gasteiger partial charge in [-0.25, -0.2) is 8.42 Å². The van der Waals surface area contributed by atoms with Crippen LogP contribution in [0.2, 0.25) is 0 Å². The lowest BCUT2D eigenvalue weighted by atomic mass is 10.2. The van der Waals surface area contributed by atoms with Crippen LogP contribution in [0.1, 0.15) is 12.0 Å². The van der Waals surface area contributed by atoms with Gasteiger partial charge in [-0.3, -0.25) is 0 Å². The number of benzene rings is 1. The quantitative estimate of drug-likeness (QED) is 0.855. The lowest BCUT2D eigenvalue weighted by Gasteiger charge is -2.26. The van der Waals surface area contributed by atoms with Crippen molar-refractivity contribution in [2.75, 3.05) is 13.1 Å². The lowest BCUT2D eigenvalue weighted by Crippen LogP contribution is -2.46. The first kappa shape index (κ1) is 11.2. The van der Waals surface area contributed by atoms with Gasteiger partial charge >= 0.3 is 0 Å². The second kappa shape index (κ2) is 4.08. The molecule has 2 atom stereocenters. The molecule has 0 spiro atoms. The molecule has 0 radical (unpaired) electrons. The molecule has 5 heteroatoms. The van der Waals surface area contributed by atoms with Gasteiger partial charge in [0.2, 0.25) is 10.0 Å². The third-order valence-corrected chi connectivity index (χ3v) is 5.42. The van der Waals surface area contributed by atoms with Gasteiger partial charge in [0, 0.05) is 25.2 Å². The maximum atomic E-state index is 12.3. The van der Waals surface area contributed by atoms with Gasteiger partial charge in [0.1, 0.15) is 0 Å². The van der Waals surface area contributed by atoms with Crippen molar-refractivity contribution >= 4 is 10.0 Å². The van der Waals surface area contributed by atoms with E-state index in [0.717, 1.165) is 18.5 Å². The van der Waals surface area contributed by atoms with Gasteiger partial charge in [-0.05, 0) is 12.0 Å². The topological polar surface area (TPSA) is 49.4 Å². The van der Waals surface area contributed by atoms with E-state index in [1.165, 1.54) is 0 Å². The SMILES string of the molecule is O=S(=O)(Cc1ccccc1)N1CC2CC1CN2. The molecule has 92 valence electrons. The normalized spacial score (nSPS) is 28.7. The molecule has 2 unspecified atom stereocenters. The van der Waals surface area contributed by atoms with Crippen molar-refractivity contribution in [1.82, 2.24) is 9.62 Å². The number of hydrogen-bond donors (Lipinski definition) is 1. The molecule has 4 nitrogen and oxygen atoms in total. The van der Waals surface area contributed by atoms with Crippen molar-refractivity contribution < 1.29 is 8.42 Å². The number of hydrogen-bond acceptors (Lipinski definition) is 3. The van der Waals surface area contributed by atoms with E-state index >= 15 is 0 Å². The molecule has 0 amide bonds. The van der Waals surface area contributed by atoms with Gasteiger partial charge in [-0.2, -0.15) is 4.31 Å². The number of fused-ring (bicyclic) bond motifs is 2. The van der Waals surface area contributed by atoms with Crippen LogP contribution in [0.25, 0.3) is 0 Å². The standard InChI is InChI=1S/C12H16N2O2S/c15-17(16,9-10-4-2-1-3-5-10)14-8-11-6-12(14)7-13-11/h1-5,11-13H,6-9H2. The monoisotopic (exact) mass is 252 g/mol. The zero-order valence-corrected chi connectivity index (χ0v) is 10.4. The first-order chi connectivity index (χ1) is 8.15. The Kier molecular flexibility index (Phi) is 2.69. The fraction of sp³-hybridized carbons (Fsp3) is 0.500. The van der Waals surface area contributed by atoms with Crippen LogP contribution in [-0.4, -0.2) is 37.9 Å². The van der Waals surface area contributed by atoms with Gasteiger partial charge in [0.05, 0.1) is 5.75 Å². The van der Waals surface area contributed by atoms with Crippen LogP contribution < -0.4 is 5.32 Å². The van der Waals surface area contributed by atoms with Crippen LogP contribution in [0.5, 0.6) is 0 Å². The molecule has 1 N–H and O–H groups in total. The Hall–Kier alpha value is -0.910. The van der Waals surface area contributed by atoms with E-state index in [0.29, 0.717) is 12.6 Å². The smallest absolute Gasteiger partial charge is 0.218 e. The molecule has 2 saturated heterocycles. The minimum Gasteiger partial charge on any atom is -0.311 e. The number of nitrogens with one attached hydrogen (secondary N) is 1. The lowest BCUT2D eigenvalue weighted by molar-refractivity contribution is 0.348. The van der Waals surface area contributed by atoms with Gasteiger partial charge in [0.15, 0.2) is 0 Å². The van der Waals surface area contributed by atoms with Crippen molar-refractivity contribution in [3.05, 3.63) is 35.9 Å². The average molecular weight is 252 g/mol. The van der Waals surface area contributed by atoms with Crippen LogP contribution in [0.15, 0.2) is 30.3 Å². The first-order valence-corrected chi connectivity index (χ1v) is 7.53. The summed E-state index contributed by atoms with van der Waals surface area (Å²) in [6.07, 6.45) is 0.966. The number of sulfonamides is 1. The molecule has 1 aromatic carbocycles. The van der Waals surface area contributed by atoms with E-state index in [4.69, 9.17) is 0 Å². The summed E-state index contributed by atoms with van der Waals surface area (Å²) in [5, 5.41) is 3.32. The van der Waals surface area contributed by atoms with Gasteiger partial charge < -0.3 is 5.32 Å². The predicted molar refractivity (Wildman–Crippen MR) is 66.0 cm³/mol. The van der Waals surface area contributed by atoms with Gasteiger partial charge in [0.25, 0.3) is 0 Å². The average Bonchev–Trinajstić information content (AvgIpc) is 2.91. The Bertz CT molecular complexity index is 500. The first-order valence-electron chi connectivity index (χ1n) is 5.92. The number of nitrogens with zero attached hydrogens (tertiary/aromatic N) is 1. The predicted octanol–water partition coefficient (Wildman–Crippen LogP) is 0.562. The highest BCUT2D eigenvalue weighted by Crippen LogP contribution is 2.27. The zero-order valence-electron chi connectivity index (χ0n) is 9.54. The zero-order chi connectivity index (χ0) is 11.9. The van der Waals surface area contributed by atoms with E-state index in [-0.39, 0.29) is 11.8 Å². The number of rotatable bonds is 3. The fourth-order valence-electron chi connectivity index (χ4n) is 2.73. The highest BCUT2D eigenvalue weighted by Gasteiger charge is 2.43. The molecule has 17 heavy (non-hydrogen) atoms. The summed E-state index contributed by atoms with van der Waals surface area (Å²) in [7, 11) is -3.15. The van der Waals surface area contributed by atoms with Crippen molar-refractivity contribution in [2.45, 2.75) is 24.3 Å². The molecule has 2 aliphatic rings. The molecular formula is C12H16N2O2S.